The molecule has 0 aliphatic carbocycles. The van der Waals surface area contributed by atoms with E-state index >= 15 is 0 Å². The van der Waals surface area contributed by atoms with Crippen molar-refractivity contribution in [1.29, 1.82) is 0 Å². The molecule has 6 heteroatoms. The van der Waals surface area contributed by atoms with Crippen molar-refractivity contribution in [1.82, 2.24) is 5.32 Å². The van der Waals surface area contributed by atoms with E-state index in [1.165, 1.54) is 6.92 Å². The number of nitrogens with one attached hydrogen (secondary N) is 1. The minimum absolute atomic E-state index is 0.0541. The van der Waals surface area contributed by atoms with Gasteiger partial charge in [0.05, 0.1) is 11.6 Å². The van der Waals surface area contributed by atoms with E-state index in [0.717, 1.165) is 17.7 Å². The van der Waals surface area contributed by atoms with E-state index in [-0.39, 0.29) is 12.2 Å². The summed E-state index contributed by atoms with van der Waals surface area (Å²) in [5, 5.41) is 2.32. The van der Waals surface area contributed by atoms with Gasteiger partial charge in [-0.3, -0.25) is 4.79 Å². The topological polar surface area (TPSA) is 55.4 Å². The van der Waals surface area contributed by atoms with Crippen molar-refractivity contribution in [3.05, 3.63) is 71.3 Å². The predicted molar refractivity (Wildman–Crippen MR) is 79.9 cm³/mol. The van der Waals surface area contributed by atoms with Gasteiger partial charge >= 0.3 is 6.09 Å². The summed E-state index contributed by atoms with van der Waals surface area (Å²) >= 11 is 0. The third kappa shape index (κ3) is 4.60. The Morgan fingerprint density at radius 1 is 1.13 bits per heavy atom. The predicted octanol–water partition coefficient (Wildman–Crippen LogP) is 3.46. The van der Waals surface area contributed by atoms with Crippen LogP contribution in [0.5, 0.6) is 0 Å². The minimum atomic E-state index is -1.00. The van der Waals surface area contributed by atoms with Gasteiger partial charge in [-0.2, -0.15) is 0 Å². The standard InChI is InChI=1S/C17H15F2NO3/c1-11(16(21)14-8-7-13(18)9-15(14)19)20-17(22)23-10-12-5-3-2-4-6-12/h2-9,11H,10H2,1H3,(H,20,22). The third-order valence-corrected chi connectivity index (χ3v) is 3.14. The van der Waals surface area contributed by atoms with Gasteiger partial charge in [0.25, 0.3) is 0 Å². The highest BCUT2D eigenvalue weighted by atomic mass is 19.1. The Labute approximate surface area is 132 Å². The second-order valence-corrected chi connectivity index (χ2v) is 4.92. The van der Waals surface area contributed by atoms with Crippen LogP contribution in [0, 0.1) is 11.6 Å². The summed E-state index contributed by atoms with van der Waals surface area (Å²) in [6.45, 7) is 1.45. The van der Waals surface area contributed by atoms with Crippen LogP contribution in [0.15, 0.2) is 48.5 Å². The molecule has 0 saturated heterocycles. The molecule has 1 atom stereocenters. The summed E-state index contributed by atoms with van der Waals surface area (Å²) in [7, 11) is 0. The van der Waals surface area contributed by atoms with E-state index in [0.29, 0.717) is 6.07 Å². The van der Waals surface area contributed by atoms with E-state index in [1.54, 1.807) is 24.3 Å². The number of ketones is 1. The average molecular weight is 319 g/mol. The first-order valence-electron chi connectivity index (χ1n) is 6.94. The van der Waals surface area contributed by atoms with Crippen LogP contribution in [-0.4, -0.2) is 17.9 Å². The number of rotatable bonds is 5. The minimum Gasteiger partial charge on any atom is -0.445 e. The van der Waals surface area contributed by atoms with Gasteiger partial charge in [-0.15, -0.1) is 0 Å². The first-order valence-corrected chi connectivity index (χ1v) is 6.94. The summed E-state index contributed by atoms with van der Waals surface area (Å²) in [6, 6.07) is 10.7. The number of carbonyl (C=O) groups is 2. The summed E-state index contributed by atoms with van der Waals surface area (Å²) in [5.41, 5.74) is 0.508. The number of halogens is 2. The Morgan fingerprint density at radius 2 is 1.83 bits per heavy atom. The molecule has 0 aromatic heterocycles. The summed E-state index contributed by atoms with van der Waals surface area (Å²) in [5.74, 6) is -2.41. The normalized spacial score (nSPS) is 11.6. The van der Waals surface area contributed by atoms with Crippen molar-refractivity contribution >= 4 is 11.9 Å². The van der Waals surface area contributed by atoms with Crippen LogP contribution in [-0.2, 0) is 11.3 Å². The molecule has 0 bridgehead atoms. The number of ether oxygens (including phenoxy) is 1. The second-order valence-electron chi connectivity index (χ2n) is 4.92. The van der Waals surface area contributed by atoms with Gasteiger partial charge in [0.2, 0.25) is 0 Å². The molecule has 2 aromatic carbocycles. The number of carbonyl (C=O) groups excluding carboxylic acids is 2. The van der Waals surface area contributed by atoms with Gasteiger partial charge in [-0.25, -0.2) is 13.6 Å². The van der Waals surface area contributed by atoms with Gasteiger partial charge < -0.3 is 10.1 Å². The molecular weight excluding hydrogens is 304 g/mol. The summed E-state index contributed by atoms with van der Waals surface area (Å²) in [4.78, 5) is 23.7. The zero-order valence-electron chi connectivity index (χ0n) is 12.4. The Kier molecular flexibility index (Phi) is 5.41. The third-order valence-electron chi connectivity index (χ3n) is 3.14. The smallest absolute Gasteiger partial charge is 0.408 e. The first-order chi connectivity index (χ1) is 11.0. The fraction of sp³-hybridized carbons (Fsp3) is 0.176. The molecule has 2 aromatic rings. The Hall–Kier alpha value is -2.76. The van der Waals surface area contributed by atoms with Crippen molar-refractivity contribution in [2.75, 3.05) is 0 Å². The highest BCUT2D eigenvalue weighted by Crippen LogP contribution is 2.12. The Morgan fingerprint density at radius 3 is 2.48 bits per heavy atom. The fourth-order valence-corrected chi connectivity index (χ4v) is 1.93. The molecule has 1 N–H and O–H groups in total. The second kappa shape index (κ2) is 7.49. The first kappa shape index (κ1) is 16.6. The van der Waals surface area contributed by atoms with Crippen molar-refractivity contribution in [2.45, 2.75) is 19.6 Å². The van der Waals surface area contributed by atoms with Crippen LogP contribution in [0.25, 0.3) is 0 Å². The fourth-order valence-electron chi connectivity index (χ4n) is 1.93. The van der Waals surface area contributed by atoms with Crippen molar-refractivity contribution in [3.63, 3.8) is 0 Å². The molecule has 120 valence electrons. The molecule has 0 spiro atoms. The van der Waals surface area contributed by atoms with Crippen molar-refractivity contribution in [2.24, 2.45) is 0 Å². The van der Waals surface area contributed by atoms with Crippen LogP contribution >= 0.6 is 0 Å². The molecule has 4 nitrogen and oxygen atoms in total. The summed E-state index contributed by atoms with van der Waals surface area (Å²) in [6.07, 6.45) is -0.794. The van der Waals surface area contributed by atoms with Crippen LogP contribution in [0.2, 0.25) is 0 Å². The maximum Gasteiger partial charge on any atom is 0.408 e. The summed E-state index contributed by atoms with van der Waals surface area (Å²) < 4.78 is 31.4. The average Bonchev–Trinajstić information content (AvgIpc) is 2.53. The maximum absolute atomic E-state index is 13.6. The lowest BCUT2D eigenvalue weighted by Gasteiger charge is -2.13. The van der Waals surface area contributed by atoms with Crippen LogP contribution < -0.4 is 5.32 Å². The SMILES string of the molecule is CC(NC(=O)OCc1ccccc1)C(=O)c1ccc(F)cc1F. The Balaban J connectivity index is 1.91. The van der Waals surface area contributed by atoms with Gasteiger partial charge in [-0.1, -0.05) is 30.3 Å². The lowest BCUT2D eigenvalue weighted by Crippen LogP contribution is -2.39. The molecule has 1 unspecified atom stereocenters. The van der Waals surface area contributed by atoms with Crippen molar-refractivity contribution < 1.29 is 23.1 Å². The number of alkyl carbamates (subject to hydrolysis) is 1. The highest BCUT2D eigenvalue weighted by Gasteiger charge is 2.21. The highest BCUT2D eigenvalue weighted by molar-refractivity contribution is 6.01. The molecule has 2 rings (SSSR count). The number of hydrogen-bond acceptors (Lipinski definition) is 3. The van der Waals surface area contributed by atoms with E-state index in [2.05, 4.69) is 5.32 Å². The van der Waals surface area contributed by atoms with E-state index in [1.807, 2.05) is 6.07 Å². The number of Topliss-reactive ketones (excluding diaryl/α,β-unsaturated/α-hetero) is 1. The molecular formula is C17H15F2NO3. The van der Waals surface area contributed by atoms with Gasteiger partial charge in [0, 0.05) is 6.07 Å². The van der Waals surface area contributed by atoms with E-state index < -0.39 is 29.6 Å². The molecule has 0 heterocycles. The molecule has 0 aliphatic rings. The van der Waals surface area contributed by atoms with Crippen LogP contribution in [0.1, 0.15) is 22.8 Å². The quantitative estimate of drug-likeness (QED) is 0.859. The Bertz CT molecular complexity index is 704. The molecule has 1 amide bonds. The van der Waals surface area contributed by atoms with E-state index in [4.69, 9.17) is 4.74 Å². The number of hydrogen-bond donors (Lipinski definition) is 1. The van der Waals surface area contributed by atoms with Gasteiger partial charge in [0.15, 0.2) is 5.78 Å². The number of benzene rings is 2. The zero-order chi connectivity index (χ0) is 16.8. The van der Waals surface area contributed by atoms with Crippen LogP contribution in [0.4, 0.5) is 13.6 Å². The van der Waals surface area contributed by atoms with Gasteiger partial charge in [-0.05, 0) is 24.6 Å². The van der Waals surface area contributed by atoms with Gasteiger partial charge in [0.1, 0.15) is 18.2 Å². The molecule has 0 fully saturated rings. The van der Waals surface area contributed by atoms with Crippen molar-refractivity contribution in [3.8, 4) is 0 Å². The van der Waals surface area contributed by atoms with E-state index in [9.17, 15) is 18.4 Å². The number of amides is 1. The molecule has 0 saturated carbocycles. The lowest BCUT2D eigenvalue weighted by molar-refractivity contribution is 0.0922. The maximum atomic E-state index is 13.6. The molecule has 0 aliphatic heterocycles. The van der Waals surface area contributed by atoms with Crippen LogP contribution in [0.3, 0.4) is 0 Å². The molecule has 0 radical (unpaired) electrons. The zero-order valence-corrected chi connectivity index (χ0v) is 12.4. The largest absolute Gasteiger partial charge is 0.445 e. The lowest BCUT2D eigenvalue weighted by atomic mass is 10.0. The molecule has 23 heavy (non-hydrogen) atoms. The monoisotopic (exact) mass is 319 g/mol.